The van der Waals surface area contributed by atoms with E-state index in [1.165, 1.54) is 23.7 Å². The van der Waals surface area contributed by atoms with Gasteiger partial charge in [0.2, 0.25) is 5.95 Å². The Balaban J connectivity index is 1.98. The van der Waals surface area contributed by atoms with E-state index in [1.54, 1.807) is 6.20 Å². The Morgan fingerprint density at radius 3 is 3.00 bits per heavy atom. The molecule has 0 radical (unpaired) electrons. The predicted octanol–water partition coefficient (Wildman–Crippen LogP) is 1.68. The minimum atomic E-state index is -0.540. The molecule has 0 unspecified atom stereocenters. The molecule has 4 nitrogen and oxygen atoms in total. The highest BCUT2D eigenvalue weighted by Gasteiger charge is 1.98. The van der Waals surface area contributed by atoms with Crippen molar-refractivity contribution in [2.24, 2.45) is 0 Å². The fourth-order valence-electron chi connectivity index (χ4n) is 0.937. The lowest BCUT2D eigenvalue weighted by Crippen LogP contribution is -2.01. The normalized spacial score (nSPS) is 10.1. The summed E-state index contributed by atoms with van der Waals surface area (Å²) in [5, 5.41) is 5.77. The molecule has 0 aliphatic rings. The van der Waals surface area contributed by atoms with E-state index < -0.39 is 5.95 Å². The standard InChI is InChI=1S/C8H7FN4S/c9-6-3-7(13-5-12-6)11-4-8-10-1-2-14-8/h1-3,5H,4H2,(H,11,12,13). The van der Waals surface area contributed by atoms with Crippen LogP contribution in [-0.4, -0.2) is 15.0 Å². The van der Waals surface area contributed by atoms with Crippen molar-refractivity contribution < 1.29 is 4.39 Å². The maximum Gasteiger partial charge on any atom is 0.217 e. The summed E-state index contributed by atoms with van der Waals surface area (Å²) in [5.74, 6) is -0.0747. The lowest BCUT2D eigenvalue weighted by molar-refractivity contribution is 0.580. The van der Waals surface area contributed by atoms with Crippen molar-refractivity contribution in [3.05, 3.63) is 34.9 Å². The molecule has 1 N–H and O–H groups in total. The second kappa shape index (κ2) is 4.10. The number of halogens is 1. The monoisotopic (exact) mass is 210 g/mol. The molecule has 2 heterocycles. The van der Waals surface area contributed by atoms with Gasteiger partial charge in [0.25, 0.3) is 0 Å². The summed E-state index contributed by atoms with van der Waals surface area (Å²) in [6.45, 7) is 0.550. The molecule has 2 rings (SSSR count). The molecule has 0 bridgehead atoms. The Labute approximate surface area is 83.9 Å². The second-order valence-electron chi connectivity index (χ2n) is 2.51. The third-order valence-corrected chi connectivity index (χ3v) is 2.32. The number of thiazole rings is 1. The molecular formula is C8H7FN4S. The molecule has 0 aliphatic heterocycles. The van der Waals surface area contributed by atoms with E-state index in [0.29, 0.717) is 12.4 Å². The van der Waals surface area contributed by atoms with Crippen LogP contribution in [0.2, 0.25) is 0 Å². The summed E-state index contributed by atoms with van der Waals surface area (Å²) in [6.07, 6.45) is 2.90. The van der Waals surface area contributed by atoms with Gasteiger partial charge in [0.1, 0.15) is 17.2 Å². The number of hydrogen-bond acceptors (Lipinski definition) is 5. The van der Waals surface area contributed by atoms with Crippen LogP contribution in [0, 0.1) is 5.95 Å². The van der Waals surface area contributed by atoms with Crippen LogP contribution in [0.25, 0.3) is 0 Å². The van der Waals surface area contributed by atoms with Crippen molar-refractivity contribution in [2.45, 2.75) is 6.54 Å². The van der Waals surface area contributed by atoms with Crippen molar-refractivity contribution in [1.82, 2.24) is 15.0 Å². The number of aromatic nitrogens is 3. The average molecular weight is 210 g/mol. The van der Waals surface area contributed by atoms with Crippen molar-refractivity contribution in [3.63, 3.8) is 0 Å². The van der Waals surface area contributed by atoms with E-state index in [-0.39, 0.29) is 0 Å². The Kier molecular flexibility index (Phi) is 2.64. The molecule has 0 saturated heterocycles. The van der Waals surface area contributed by atoms with E-state index in [1.807, 2.05) is 5.38 Å². The third kappa shape index (κ3) is 2.23. The minimum Gasteiger partial charge on any atom is -0.363 e. The molecule has 0 fully saturated rings. The molecule has 72 valence electrons. The first kappa shape index (κ1) is 9.01. The van der Waals surface area contributed by atoms with Crippen molar-refractivity contribution in [3.8, 4) is 0 Å². The third-order valence-electron chi connectivity index (χ3n) is 1.54. The number of rotatable bonds is 3. The fourth-order valence-corrected chi connectivity index (χ4v) is 1.49. The zero-order chi connectivity index (χ0) is 9.80. The van der Waals surface area contributed by atoms with Crippen molar-refractivity contribution >= 4 is 17.2 Å². The Bertz CT molecular complexity index is 403. The van der Waals surface area contributed by atoms with Gasteiger partial charge < -0.3 is 5.32 Å². The Morgan fingerprint density at radius 1 is 1.36 bits per heavy atom. The topological polar surface area (TPSA) is 50.7 Å². The number of nitrogens with zero attached hydrogens (tertiary/aromatic N) is 3. The summed E-state index contributed by atoms with van der Waals surface area (Å²) in [7, 11) is 0. The van der Waals surface area contributed by atoms with Gasteiger partial charge in [-0.05, 0) is 0 Å². The van der Waals surface area contributed by atoms with Gasteiger partial charge >= 0.3 is 0 Å². The van der Waals surface area contributed by atoms with E-state index in [4.69, 9.17) is 0 Å². The van der Waals surface area contributed by atoms with Crippen LogP contribution in [-0.2, 0) is 6.54 Å². The predicted molar refractivity (Wildman–Crippen MR) is 51.4 cm³/mol. The highest BCUT2D eigenvalue weighted by atomic mass is 32.1. The first-order valence-corrected chi connectivity index (χ1v) is 4.82. The Hall–Kier alpha value is -1.56. The van der Waals surface area contributed by atoms with Gasteiger partial charge in [-0.2, -0.15) is 4.39 Å². The van der Waals surface area contributed by atoms with Gasteiger partial charge in [0.15, 0.2) is 0 Å². The van der Waals surface area contributed by atoms with Crippen LogP contribution in [0.15, 0.2) is 24.0 Å². The van der Waals surface area contributed by atoms with E-state index in [0.717, 1.165) is 5.01 Å². The van der Waals surface area contributed by atoms with Crippen LogP contribution in [0.1, 0.15) is 5.01 Å². The quantitative estimate of drug-likeness (QED) is 0.783. The van der Waals surface area contributed by atoms with Crippen LogP contribution in [0.4, 0.5) is 10.2 Å². The lowest BCUT2D eigenvalue weighted by Gasteiger charge is -2.01. The number of hydrogen-bond donors (Lipinski definition) is 1. The van der Waals surface area contributed by atoms with Crippen LogP contribution in [0.5, 0.6) is 0 Å². The van der Waals surface area contributed by atoms with Crippen molar-refractivity contribution in [1.29, 1.82) is 0 Å². The zero-order valence-corrected chi connectivity index (χ0v) is 7.96. The fraction of sp³-hybridized carbons (Fsp3) is 0.125. The Morgan fingerprint density at radius 2 is 2.29 bits per heavy atom. The summed E-state index contributed by atoms with van der Waals surface area (Å²) in [6, 6.07) is 1.24. The first-order valence-electron chi connectivity index (χ1n) is 3.94. The summed E-state index contributed by atoms with van der Waals surface area (Å²) < 4.78 is 12.6. The van der Waals surface area contributed by atoms with Crippen LogP contribution < -0.4 is 5.32 Å². The molecule has 0 saturated carbocycles. The van der Waals surface area contributed by atoms with Crippen LogP contribution >= 0.6 is 11.3 Å². The van der Waals surface area contributed by atoms with Crippen LogP contribution in [0.3, 0.4) is 0 Å². The molecule has 2 aromatic rings. The number of anilines is 1. The molecule has 0 spiro atoms. The zero-order valence-electron chi connectivity index (χ0n) is 7.14. The molecule has 2 aromatic heterocycles. The summed E-state index contributed by atoms with van der Waals surface area (Å²) >= 11 is 1.54. The van der Waals surface area contributed by atoms with Gasteiger partial charge in [-0.1, -0.05) is 0 Å². The lowest BCUT2D eigenvalue weighted by atomic mass is 10.5. The van der Waals surface area contributed by atoms with Gasteiger partial charge in [0.05, 0.1) is 6.54 Å². The van der Waals surface area contributed by atoms with Crippen molar-refractivity contribution in [2.75, 3.05) is 5.32 Å². The van der Waals surface area contributed by atoms with Gasteiger partial charge in [-0.15, -0.1) is 11.3 Å². The largest absolute Gasteiger partial charge is 0.363 e. The SMILES string of the molecule is Fc1cc(NCc2nccs2)ncn1. The first-order chi connectivity index (χ1) is 6.84. The molecule has 0 aromatic carbocycles. The highest BCUT2D eigenvalue weighted by Crippen LogP contribution is 2.08. The molecule has 14 heavy (non-hydrogen) atoms. The van der Waals surface area contributed by atoms with Gasteiger partial charge in [0, 0.05) is 17.6 Å². The maximum atomic E-state index is 12.6. The molecule has 0 amide bonds. The molecule has 6 heteroatoms. The smallest absolute Gasteiger partial charge is 0.217 e. The van der Waals surface area contributed by atoms with E-state index in [9.17, 15) is 4.39 Å². The second-order valence-corrected chi connectivity index (χ2v) is 3.48. The van der Waals surface area contributed by atoms with E-state index in [2.05, 4.69) is 20.3 Å². The van der Waals surface area contributed by atoms with Gasteiger partial charge in [-0.3, -0.25) is 0 Å². The summed E-state index contributed by atoms with van der Waals surface area (Å²) in [5.41, 5.74) is 0. The molecule has 0 atom stereocenters. The maximum absolute atomic E-state index is 12.6. The van der Waals surface area contributed by atoms with Gasteiger partial charge in [-0.25, -0.2) is 15.0 Å². The molecular weight excluding hydrogens is 203 g/mol. The van der Waals surface area contributed by atoms with E-state index >= 15 is 0 Å². The summed E-state index contributed by atoms with van der Waals surface area (Å²) in [4.78, 5) is 11.3. The highest BCUT2D eigenvalue weighted by molar-refractivity contribution is 7.09. The number of nitrogens with one attached hydrogen (secondary N) is 1. The average Bonchev–Trinajstić information content (AvgIpc) is 2.67. The molecule has 0 aliphatic carbocycles. The minimum absolute atomic E-state index is 0.465.